The van der Waals surface area contributed by atoms with Gasteiger partial charge in [0.15, 0.2) is 5.82 Å². The minimum Gasteiger partial charge on any atom is -0.486 e. The molecule has 0 unspecified atom stereocenters. The second kappa shape index (κ2) is 5.24. The van der Waals surface area contributed by atoms with Crippen LogP contribution in [0.5, 0.6) is 5.75 Å². The number of hydrogen-bond acceptors (Lipinski definition) is 5. The molecule has 0 saturated carbocycles. The van der Waals surface area contributed by atoms with Crippen molar-refractivity contribution in [3.05, 3.63) is 47.4 Å². The highest BCUT2D eigenvalue weighted by Crippen LogP contribution is 2.18. The molecule has 0 saturated heterocycles. The first kappa shape index (κ1) is 11.9. The highest BCUT2D eigenvalue weighted by atomic mass is 16.5. The average molecular weight is 256 g/mol. The van der Waals surface area contributed by atoms with Gasteiger partial charge < -0.3 is 15.8 Å². The molecule has 1 aromatic heterocycles. The molecule has 1 aromatic carbocycles. The zero-order chi connectivity index (χ0) is 13.1. The van der Waals surface area contributed by atoms with Crippen molar-refractivity contribution in [2.75, 3.05) is 12.3 Å². The number of rotatable bonds is 3. The van der Waals surface area contributed by atoms with Crippen molar-refractivity contribution in [2.24, 2.45) is 0 Å². The van der Waals surface area contributed by atoms with E-state index in [-0.39, 0.29) is 0 Å². The molecule has 3 N–H and O–H groups in total. The first-order valence-corrected chi connectivity index (χ1v) is 6.35. The van der Waals surface area contributed by atoms with Gasteiger partial charge in [-0.2, -0.15) is 0 Å². The van der Waals surface area contributed by atoms with Crippen molar-refractivity contribution in [3.8, 4) is 5.75 Å². The van der Waals surface area contributed by atoms with Gasteiger partial charge in [0, 0.05) is 25.1 Å². The smallest absolute Gasteiger partial charge is 0.168 e. The zero-order valence-corrected chi connectivity index (χ0v) is 10.6. The third-order valence-corrected chi connectivity index (χ3v) is 3.12. The van der Waals surface area contributed by atoms with Gasteiger partial charge in [0.25, 0.3) is 0 Å². The van der Waals surface area contributed by atoms with Gasteiger partial charge in [0.05, 0.1) is 5.69 Å². The first-order chi connectivity index (χ1) is 9.33. The van der Waals surface area contributed by atoms with Gasteiger partial charge >= 0.3 is 0 Å². The molecule has 0 radical (unpaired) electrons. The van der Waals surface area contributed by atoms with Crippen LogP contribution in [0.1, 0.15) is 17.1 Å². The van der Waals surface area contributed by atoms with E-state index in [4.69, 9.17) is 10.5 Å². The zero-order valence-electron chi connectivity index (χ0n) is 10.6. The number of nitrogens with one attached hydrogen (secondary N) is 1. The summed E-state index contributed by atoms with van der Waals surface area (Å²) in [4.78, 5) is 8.84. The summed E-state index contributed by atoms with van der Waals surface area (Å²) < 4.78 is 5.64. The lowest BCUT2D eigenvalue weighted by Crippen LogP contribution is -2.27. The molecule has 1 aliphatic rings. The number of aromatic nitrogens is 2. The van der Waals surface area contributed by atoms with Crippen LogP contribution in [0.3, 0.4) is 0 Å². The fourth-order valence-electron chi connectivity index (χ4n) is 2.15. The van der Waals surface area contributed by atoms with E-state index in [2.05, 4.69) is 15.3 Å². The van der Waals surface area contributed by atoms with Crippen LogP contribution in [-0.2, 0) is 19.6 Å². The topological polar surface area (TPSA) is 73.1 Å². The normalized spacial score (nSPS) is 13.9. The van der Waals surface area contributed by atoms with Crippen LogP contribution in [0, 0.1) is 0 Å². The molecule has 5 heteroatoms. The van der Waals surface area contributed by atoms with Crippen LogP contribution in [0.4, 0.5) is 5.82 Å². The Bertz CT molecular complexity index is 571. The molecule has 2 aromatic rings. The third-order valence-electron chi connectivity index (χ3n) is 3.12. The van der Waals surface area contributed by atoms with Crippen molar-refractivity contribution >= 4 is 5.82 Å². The summed E-state index contributed by atoms with van der Waals surface area (Å²) in [7, 11) is 0. The number of ether oxygens (including phenoxy) is 1. The summed E-state index contributed by atoms with van der Waals surface area (Å²) in [5, 5.41) is 3.27. The Labute approximate surface area is 111 Å². The lowest BCUT2D eigenvalue weighted by molar-refractivity contribution is 0.295. The molecule has 0 bridgehead atoms. The Morgan fingerprint density at radius 1 is 1.21 bits per heavy atom. The monoisotopic (exact) mass is 256 g/mol. The molecule has 2 heterocycles. The molecular formula is C14H16N4O. The highest BCUT2D eigenvalue weighted by Gasteiger charge is 2.15. The quantitative estimate of drug-likeness (QED) is 0.865. The van der Waals surface area contributed by atoms with Gasteiger partial charge in [0.1, 0.15) is 18.2 Å². The molecule has 0 fully saturated rings. The molecule has 0 aliphatic carbocycles. The Morgan fingerprint density at radius 2 is 2.05 bits per heavy atom. The Balaban J connectivity index is 1.76. The van der Waals surface area contributed by atoms with Gasteiger partial charge in [0.2, 0.25) is 0 Å². The van der Waals surface area contributed by atoms with Crippen LogP contribution in [0.15, 0.2) is 30.3 Å². The second-order valence-electron chi connectivity index (χ2n) is 4.48. The van der Waals surface area contributed by atoms with Crippen molar-refractivity contribution in [3.63, 3.8) is 0 Å². The fourth-order valence-corrected chi connectivity index (χ4v) is 2.15. The molecule has 1 aliphatic heterocycles. The molecule has 98 valence electrons. The molecule has 0 atom stereocenters. The van der Waals surface area contributed by atoms with Crippen molar-refractivity contribution in [2.45, 2.75) is 19.6 Å². The third kappa shape index (κ3) is 2.66. The number of nitrogens with zero attached hydrogens (tertiary/aromatic N) is 2. The lowest BCUT2D eigenvalue weighted by atomic mass is 10.1. The summed E-state index contributed by atoms with van der Waals surface area (Å²) in [6, 6.07) is 9.64. The van der Waals surface area contributed by atoms with Gasteiger partial charge in [-0.15, -0.1) is 0 Å². The molecular weight excluding hydrogens is 240 g/mol. The molecule has 5 nitrogen and oxygen atoms in total. The van der Waals surface area contributed by atoms with Crippen LogP contribution in [-0.4, -0.2) is 16.5 Å². The standard InChI is InChI=1S/C14H16N4O/c15-14-11-8-16-7-6-12(11)17-13(18-14)9-19-10-4-2-1-3-5-10/h1-5,16H,6-9H2,(H2,15,17,18). The summed E-state index contributed by atoms with van der Waals surface area (Å²) in [6.45, 7) is 2.03. The maximum absolute atomic E-state index is 5.96. The summed E-state index contributed by atoms with van der Waals surface area (Å²) in [6.07, 6.45) is 0.889. The number of nitrogens with two attached hydrogens (primary N) is 1. The largest absolute Gasteiger partial charge is 0.486 e. The van der Waals surface area contributed by atoms with E-state index in [0.717, 1.165) is 36.5 Å². The van der Waals surface area contributed by atoms with E-state index < -0.39 is 0 Å². The minimum absolute atomic E-state index is 0.342. The highest BCUT2D eigenvalue weighted by molar-refractivity contribution is 5.43. The van der Waals surface area contributed by atoms with Crippen LogP contribution < -0.4 is 15.8 Å². The number of fused-ring (bicyclic) bond motifs is 1. The molecule has 19 heavy (non-hydrogen) atoms. The maximum Gasteiger partial charge on any atom is 0.168 e. The van der Waals surface area contributed by atoms with Crippen molar-refractivity contribution < 1.29 is 4.74 Å². The molecule has 0 amide bonds. The summed E-state index contributed by atoms with van der Waals surface area (Å²) in [5.41, 5.74) is 8.03. The predicted molar refractivity (Wildman–Crippen MR) is 72.6 cm³/mol. The van der Waals surface area contributed by atoms with Gasteiger partial charge in [-0.3, -0.25) is 0 Å². The van der Waals surface area contributed by atoms with E-state index >= 15 is 0 Å². The van der Waals surface area contributed by atoms with E-state index in [1.165, 1.54) is 0 Å². The summed E-state index contributed by atoms with van der Waals surface area (Å²) >= 11 is 0. The van der Waals surface area contributed by atoms with Gasteiger partial charge in [-0.1, -0.05) is 18.2 Å². The van der Waals surface area contributed by atoms with Crippen LogP contribution >= 0.6 is 0 Å². The van der Waals surface area contributed by atoms with Gasteiger partial charge in [-0.05, 0) is 12.1 Å². The van der Waals surface area contributed by atoms with E-state index in [1.54, 1.807) is 0 Å². The van der Waals surface area contributed by atoms with Gasteiger partial charge in [-0.25, -0.2) is 9.97 Å². The predicted octanol–water partition coefficient (Wildman–Crippen LogP) is 1.28. The SMILES string of the molecule is Nc1nc(COc2ccccc2)nc2c1CNCC2. The molecule has 0 spiro atoms. The number of benzene rings is 1. The van der Waals surface area contributed by atoms with Crippen LogP contribution in [0.2, 0.25) is 0 Å². The first-order valence-electron chi connectivity index (χ1n) is 6.35. The number of anilines is 1. The number of hydrogen-bond donors (Lipinski definition) is 2. The second-order valence-corrected chi connectivity index (χ2v) is 4.48. The Hall–Kier alpha value is -2.14. The Morgan fingerprint density at radius 3 is 2.89 bits per heavy atom. The Kier molecular flexibility index (Phi) is 3.29. The van der Waals surface area contributed by atoms with E-state index in [9.17, 15) is 0 Å². The van der Waals surface area contributed by atoms with Crippen LogP contribution in [0.25, 0.3) is 0 Å². The number of nitrogen functional groups attached to an aromatic ring is 1. The minimum atomic E-state index is 0.342. The number of para-hydroxylation sites is 1. The summed E-state index contributed by atoms with van der Waals surface area (Å²) in [5.74, 6) is 2.01. The lowest BCUT2D eigenvalue weighted by Gasteiger charge is -2.18. The maximum atomic E-state index is 5.96. The van der Waals surface area contributed by atoms with Crippen molar-refractivity contribution in [1.82, 2.24) is 15.3 Å². The fraction of sp³-hybridized carbons (Fsp3) is 0.286. The van der Waals surface area contributed by atoms with E-state index in [1.807, 2.05) is 30.3 Å². The average Bonchev–Trinajstić information content (AvgIpc) is 2.46. The van der Waals surface area contributed by atoms with Crippen molar-refractivity contribution in [1.29, 1.82) is 0 Å². The molecule has 3 rings (SSSR count). The van der Waals surface area contributed by atoms with E-state index in [0.29, 0.717) is 18.2 Å².